The van der Waals surface area contributed by atoms with Crippen LogP contribution in [0.25, 0.3) is 0 Å². The maximum Gasteiger partial charge on any atom is 0.319 e. The van der Waals surface area contributed by atoms with E-state index in [2.05, 4.69) is 16.7 Å². The minimum atomic E-state index is -0.889. The van der Waals surface area contributed by atoms with Gasteiger partial charge in [-0.3, -0.25) is 4.79 Å². The Kier molecular flexibility index (Phi) is 5.18. The number of hydrogen-bond donors (Lipinski definition) is 3. The molecule has 2 rings (SSSR count). The number of urea groups is 1. The first-order chi connectivity index (χ1) is 11.3. The fourth-order valence-electron chi connectivity index (χ4n) is 2.50. The third-order valence-electron chi connectivity index (χ3n) is 3.58. The lowest BCUT2D eigenvalue weighted by molar-refractivity contribution is 0.0996. The van der Waals surface area contributed by atoms with E-state index < -0.39 is 17.8 Å². The van der Waals surface area contributed by atoms with Crippen molar-refractivity contribution in [1.82, 2.24) is 5.32 Å². The minimum absolute atomic E-state index is 0.209. The van der Waals surface area contributed by atoms with Crippen LogP contribution in [0.15, 0.2) is 36.4 Å². The standard InChI is InChI=1S/C18H20FN3O2/c1-10-6-11(2)8-13(7-10)12(3)21-18(24)22-14-4-5-16(19)15(9-14)17(20)23/h4-9,12H,1-3H3,(H2,20,23)(H2,21,22,24)/t12-/m0/s1. The number of benzene rings is 2. The lowest BCUT2D eigenvalue weighted by Crippen LogP contribution is -2.31. The number of anilines is 1. The number of primary amides is 1. The van der Waals surface area contributed by atoms with Crippen molar-refractivity contribution in [3.8, 4) is 0 Å². The number of carbonyl (C=O) groups excluding carboxylic acids is 2. The van der Waals surface area contributed by atoms with Gasteiger partial charge in [-0.1, -0.05) is 29.3 Å². The summed E-state index contributed by atoms with van der Waals surface area (Å²) in [6.45, 7) is 5.85. The molecule has 3 amide bonds. The van der Waals surface area contributed by atoms with Crippen LogP contribution in [-0.2, 0) is 0 Å². The molecule has 0 aliphatic heterocycles. The summed E-state index contributed by atoms with van der Waals surface area (Å²) in [5.74, 6) is -1.61. The maximum atomic E-state index is 13.4. The molecule has 2 aromatic carbocycles. The number of hydrogen-bond acceptors (Lipinski definition) is 2. The summed E-state index contributed by atoms with van der Waals surface area (Å²) < 4.78 is 13.4. The average Bonchev–Trinajstić information content (AvgIpc) is 2.47. The first kappa shape index (κ1) is 17.5. The SMILES string of the molecule is Cc1cc(C)cc([C@H](C)NC(=O)Nc2ccc(F)c(C(N)=O)c2)c1. The summed E-state index contributed by atoms with van der Waals surface area (Å²) >= 11 is 0. The van der Waals surface area contributed by atoms with Crippen LogP contribution in [0.1, 0.15) is 40.0 Å². The highest BCUT2D eigenvalue weighted by atomic mass is 19.1. The summed E-state index contributed by atoms with van der Waals surface area (Å²) in [4.78, 5) is 23.2. The second kappa shape index (κ2) is 7.12. The summed E-state index contributed by atoms with van der Waals surface area (Å²) in [7, 11) is 0. The highest BCUT2D eigenvalue weighted by molar-refractivity contribution is 5.96. The molecule has 0 spiro atoms. The lowest BCUT2D eigenvalue weighted by atomic mass is 10.0. The molecule has 5 nitrogen and oxygen atoms in total. The van der Waals surface area contributed by atoms with Gasteiger partial charge < -0.3 is 16.4 Å². The van der Waals surface area contributed by atoms with E-state index in [4.69, 9.17) is 5.73 Å². The van der Waals surface area contributed by atoms with Crippen molar-refractivity contribution in [2.75, 3.05) is 5.32 Å². The Morgan fingerprint density at radius 1 is 1.08 bits per heavy atom. The maximum absolute atomic E-state index is 13.4. The van der Waals surface area contributed by atoms with Gasteiger partial charge in [-0.25, -0.2) is 9.18 Å². The van der Waals surface area contributed by atoms with Crippen LogP contribution in [0, 0.1) is 19.7 Å². The monoisotopic (exact) mass is 329 g/mol. The second-order valence-electron chi connectivity index (χ2n) is 5.80. The van der Waals surface area contributed by atoms with E-state index in [1.54, 1.807) is 0 Å². The van der Waals surface area contributed by atoms with Gasteiger partial charge in [0.1, 0.15) is 5.82 Å². The van der Waals surface area contributed by atoms with Crippen molar-refractivity contribution in [2.24, 2.45) is 5.73 Å². The van der Waals surface area contributed by atoms with Gasteiger partial charge in [0.15, 0.2) is 0 Å². The van der Waals surface area contributed by atoms with Crippen LogP contribution >= 0.6 is 0 Å². The van der Waals surface area contributed by atoms with Crippen molar-refractivity contribution < 1.29 is 14.0 Å². The van der Waals surface area contributed by atoms with Crippen molar-refractivity contribution in [1.29, 1.82) is 0 Å². The number of rotatable bonds is 4. The molecule has 1 atom stereocenters. The Labute approximate surface area is 140 Å². The Hall–Kier alpha value is -2.89. The highest BCUT2D eigenvalue weighted by Crippen LogP contribution is 2.18. The summed E-state index contributed by atoms with van der Waals surface area (Å²) in [5.41, 5.74) is 8.33. The topological polar surface area (TPSA) is 84.2 Å². The van der Waals surface area contributed by atoms with Gasteiger partial charge in [-0.05, 0) is 44.5 Å². The number of nitrogens with two attached hydrogens (primary N) is 1. The second-order valence-corrected chi connectivity index (χ2v) is 5.80. The molecule has 0 aliphatic rings. The van der Waals surface area contributed by atoms with Crippen LogP contribution in [0.3, 0.4) is 0 Å². The van der Waals surface area contributed by atoms with Crippen molar-refractivity contribution in [3.63, 3.8) is 0 Å². The molecule has 24 heavy (non-hydrogen) atoms. The van der Waals surface area contributed by atoms with E-state index >= 15 is 0 Å². The minimum Gasteiger partial charge on any atom is -0.366 e. The van der Waals surface area contributed by atoms with Gasteiger partial charge in [-0.15, -0.1) is 0 Å². The molecule has 2 aromatic rings. The summed E-state index contributed by atoms with van der Waals surface area (Å²) in [6, 6.07) is 9.05. The van der Waals surface area contributed by atoms with Crippen LogP contribution in [0.2, 0.25) is 0 Å². The van der Waals surface area contributed by atoms with Gasteiger partial charge >= 0.3 is 6.03 Å². The molecule has 0 radical (unpaired) electrons. The Balaban J connectivity index is 2.07. The number of aryl methyl sites for hydroxylation is 2. The van der Waals surface area contributed by atoms with Crippen LogP contribution in [-0.4, -0.2) is 11.9 Å². The molecular weight excluding hydrogens is 309 g/mol. The van der Waals surface area contributed by atoms with E-state index in [1.807, 2.05) is 32.9 Å². The number of nitrogens with one attached hydrogen (secondary N) is 2. The van der Waals surface area contributed by atoms with Crippen molar-refractivity contribution in [3.05, 3.63) is 64.5 Å². The third kappa shape index (κ3) is 4.32. The molecular formula is C18H20FN3O2. The fraction of sp³-hybridized carbons (Fsp3) is 0.222. The van der Waals surface area contributed by atoms with E-state index in [1.165, 1.54) is 12.1 Å². The average molecular weight is 329 g/mol. The Morgan fingerprint density at radius 2 is 1.71 bits per heavy atom. The number of halogens is 1. The first-order valence-electron chi connectivity index (χ1n) is 7.51. The Morgan fingerprint density at radius 3 is 2.29 bits per heavy atom. The van der Waals surface area contributed by atoms with Gasteiger partial charge in [0.05, 0.1) is 11.6 Å². The van der Waals surface area contributed by atoms with Gasteiger partial charge in [-0.2, -0.15) is 0 Å². The third-order valence-corrected chi connectivity index (χ3v) is 3.58. The van der Waals surface area contributed by atoms with E-state index in [0.717, 1.165) is 22.8 Å². The lowest BCUT2D eigenvalue weighted by Gasteiger charge is -2.16. The predicted octanol–water partition coefficient (Wildman–Crippen LogP) is 3.42. The number of amides is 3. The van der Waals surface area contributed by atoms with Crippen molar-refractivity contribution >= 4 is 17.6 Å². The molecule has 0 bridgehead atoms. The van der Waals surface area contributed by atoms with Gasteiger partial charge in [0.2, 0.25) is 0 Å². The van der Waals surface area contributed by atoms with Crippen LogP contribution in [0.5, 0.6) is 0 Å². The van der Waals surface area contributed by atoms with Gasteiger partial charge in [0, 0.05) is 5.69 Å². The molecule has 0 saturated heterocycles. The van der Waals surface area contributed by atoms with Crippen molar-refractivity contribution in [2.45, 2.75) is 26.8 Å². The fourth-order valence-corrected chi connectivity index (χ4v) is 2.50. The predicted molar refractivity (Wildman–Crippen MR) is 91.4 cm³/mol. The molecule has 4 N–H and O–H groups in total. The zero-order valence-electron chi connectivity index (χ0n) is 13.8. The van der Waals surface area contributed by atoms with E-state index in [0.29, 0.717) is 0 Å². The van der Waals surface area contributed by atoms with Crippen LogP contribution in [0.4, 0.5) is 14.9 Å². The summed E-state index contributed by atoms with van der Waals surface area (Å²) in [6.07, 6.45) is 0. The highest BCUT2D eigenvalue weighted by Gasteiger charge is 2.13. The molecule has 6 heteroatoms. The van der Waals surface area contributed by atoms with E-state index in [-0.39, 0.29) is 17.3 Å². The molecule has 126 valence electrons. The Bertz CT molecular complexity index is 770. The molecule has 0 heterocycles. The molecule has 0 unspecified atom stereocenters. The molecule has 0 aromatic heterocycles. The molecule has 0 saturated carbocycles. The molecule has 0 aliphatic carbocycles. The largest absolute Gasteiger partial charge is 0.366 e. The smallest absolute Gasteiger partial charge is 0.319 e. The zero-order chi connectivity index (χ0) is 17.9. The summed E-state index contributed by atoms with van der Waals surface area (Å²) in [5, 5.41) is 5.37. The molecule has 0 fully saturated rings. The number of carbonyl (C=O) groups is 2. The quantitative estimate of drug-likeness (QED) is 0.803. The van der Waals surface area contributed by atoms with Crippen LogP contribution < -0.4 is 16.4 Å². The van der Waals surface area contributed by atoms with E-state index in [9.17, 15) is 14.0 Å². The van der Waals surface area contributed by atoms with Gasteiger partial charge in [0.25, 0.3) is 5.91 Å². The first-order valence-corrected chi connectivity index (χ1v) is 7.51. The zero-order valence-corrected chi connectivity index (χ0v) is 13.8. The normalized spacial score (nSPS) is 11.7.